The molecule has 66 valence electrons. The Balaban J connectivity index is 2.48. The molecule has 1 heterocycles. The molecule has 1 rings (SSSR count). The minimum Gasteiger partial charge on any atom is -0.323 e. The molecule has 12 heavy (non-hydrogen) atoms. The van der Waals surface area contributed by atoms with Crippen LogP contribution in [-0.4, -0.2) is 17.0 Å². The average Bonchev–Trinajstić information content (AvgIpc) is 2.15. The molecule has 0 radical (unpaired) electrons. The highest BCUT2D eigenvalue weighted by Crippen LogP contribution is 2.12. The maximum absolute atomic E-state index is 5.91. The summed E-state index contributed by atoms with van der Waals surface area (Å²) in [5.41, 5.74) is 6.90. The number of thioether (sulfide) groups is 1. The molecule has 0 aliphatic heterocycles. The van der Waals surface area contributed by atoms with Gasteiger partial charge in [-0.2, -0.15) is 11.8 Å². The van der Waals surface area contributed by atoms with E-state index in [2.05, 4.69) is 11.2 Å². The summed E-state index contributed by atoms with van der Waals surface area (Å²) in [5, 5.41) is 0. The fourth-order valence-electron chi connectivity index (χ4n) is 0.988. The van der Waals surface area contributed by atoms with Gasteiger partial charge in [-0.05, 0) is 30.6 Å². The summed E-state index contributed by atoms with van der Waals surface area (Å²) in [6.45, 7) is 0. The fourth-order valence-corrected chi connectivity index (χ4v) is 1.48. The maximum Gasteiger partial charge on any atom is 0.0571 e. The minimum absolute atomic E-state index is 0.0960. The van der Waals surface area contributed by atoms with Crippen LogP contribution in [0.3, 0.4) is 0 Å². The van der Waals surface area contributed by atoms with Gasteiger partial charge in [0.15, 0.2) is 0 Å². The van der Waals surface area contributed by atoms with Crippen LogP contribution in [0.5, 0.6) is 0 Å². The van der Waals surface area contributed by atoms with Crippen molar-refractivity contribution in [3.05, 3.63) is 30.1 Å². The van der Waals surface area contributed by atoms with Crippen molar-refractivity contribution in [1.29, 1.82) is 0 Å². The highest BCUT2D eigenvalue weighted by molar-refractivity contribution is 7.98. The molecular weight excluding hydrogens is 168 g/mol. The van der Waals surface area contributed by atoms with Crippen molar-refractivity contribution in [2.45, 2.75) is 12.5 Å². The van der Waals surface area contributed by atoms with Gasteiger partial charge in [0.1, 0.15) is 0 Å². The van der Waals surface area contributed by atoms with E-state index in [-0.39, 0.29) is 6.04 Å². The second-order valence-electron chi connectivity index (χ2n) is 2.64. The van der Waals surface area contributed by atoms with E-state index in [0.29, 0.717) is 0 Å². The zero-order valence-electron chi connectivity index (χ0n) is 7.23. The molecule has 0 fully saturated rings. The Morgan fingerprint density at radius 1 is 1.58 bits per heavy atom. The van der Waals surface area contributed by atoms with Crippen molar-refractivity contribution in [1.82, 2.24) is 4.98 Å². The average molecular weight is 182 g/mol. The predicted octanol–water partition coefficient (Wildman–Crippen LogP) is 1.83. The van der Waals surface area contributed by atoms with Crippen molar-refractivity contribution in [2.75, 3.05) is 12.0 Å². The van der Waals surface area contributed by atoms with Crippen molar-refractivity contribution >= 4 is 11.8 Å². The highest BCUT2D eigenvalue weighted by Gasteiger charge is 2.04. The van der Waals surface area contributed by atoms with Gasteiger partial charge < -0.3 is 5.73 Å². The molecule has 1 unspecified atom stereocenters. The van der Waals surface area contributed by atoms with Crippen LogP contribution < -0.4 is 5.73 Å². The lowest BCUT2D eigenvalue weighted by atomic mass is 10.1. The van der Waals surface area contributed by atoms with Crippen LogP contribution in [0.2, 0.25) is 0 Å². The lowest BCUT2D eigenvalue weighted by molar-refractivity contribution is 0.682. The summed E-state index contributed by atoms with van der Waals surface area (Å²) in [6, 6.07) is 5.95. The lowest BCUT2D eigenvalue weighted by Crippen LogP contribution is -2.12. The Hall–Kier alpha value is -0.540. The fraction of sp³-hybridized carbons (Fsp3) is 0.444. The second kappa shape index (κ2) is 5.17. The first kappa shape index (κ1) is 9.55. The van der Waals surface area contributed by atoms with Crippen LogP contribution >= 0.6 is 11.8 Å². The van der Waals surface area contributed by atoms with Gasteiger partial charge in [0.25, 0.3) is 0 Å². The highest BCUT2D eigenvalue weighted by atomic mass is 32.2. The number of rotatable bonds is 4. The summed E-state index contributed by atoms with van der Waals surface area (Å²) in [4.78, 5) is 4.20. The zero-order valence-corrected chi connectivity index (χ0v) is 8.05. The molecule has 2 nitrogen and oxygen atoms in total. The Kier molecular flexibility index (Phi) is 4.11. The van der Waals surface area contributed by atoms with Crippen LogP contribution in [0, 0.1) is 0 Å². The normalized spacial score (nSPS) is 12.8. The van der Waals surface area contributed by atoms with E-state index < -0.39 is 0 Å². The lowest BCUT2D eigenvalue weighted by Gasteiger charge is -2.08. The number of hydrogen-bond donors (Lipinski definition) is 1. The Labute approximate surface area is 77.6 Å². The number of pyridine rings is 1. The van der Waals surface area contributed by atoms with Crippen molar-refractivity contribution in [3.8, 4) is 0 Å². The molecule has 3 heteroatoms. The molecule has 1 aromatic heterocycles. The van der Waals surface area contributed by atoms with E-state index in [1.54, 1.807) is 6.20 Å². The number of nitrogens with zero attached hydrogens (tertiary/aromatic N) is 1. The maximum atomic E-state index is 5.91. The summed E-state index contributed by atoms with van der Waals surface area (Å²) >= 11 is 1.82. The molecule has 0 aromatic carbocycles. The summed E-state index contributed by atoms with van der Waals surface area (Å²) < 4.78 is 0. The predicted molar refractivity (Wildman–Crippen MR) is 54.2 cm³/mol. The van der Waals surface area contributed by atoms with Crippen LogP contribution in [0.25, 0.3) is 0 Å². The van der Waals surface area contributed by atoms with E-state index >= 15 is 0 Å². The smallest absolute Gasteiger partial charge is 0.0571 e. The first-order valence-electron chi connectivity index (χ1n) is 4.00. The van der Waals surface area contributed by atoms with Gasteiger partial charge in [-0.25, -0.2) is 0 Å². The summed E-state index contributed by atoms with van der Waals surface area (Å²) in [7, 11) is 0. The molecule has 2 N–H and O–H groups in total. The molecule has 0 spiro atoms. The molecule has 0 bridgehead atoms. The number of aromatic nitrogens is 1. The van der Waals surface area contributed by atoms with Crippen LogP contribution in [0.4, 0.5) is 0 Å². The van der Waals surface area contributed by atoms with Gasteiger partial charge in [-0.3, -0.25) is 4.98 Å². The first-order valence-corrected chi connectivity index (χ1v) is 5.39. The Morgan fingerprint density at radius 3 is 3.00 bits per heavy atom. The minimum atomic E-state index is 0.0960. The second-order valence-corrected chi connectivity index (χ2v) is 3.63. The van der Waals surface area contributed by atoms with E-state index in [1.807, 2.05) is 30.0 Å². The largest absolute Gasteiger partial charge is 0.323 e. The van der Waals surface area contributed by atoms with Crippen molar-refractivity contribution in [2.24, 2.45) is 5.73 Å². The monoisotopic (exact) mass is 182 g/mol. The molecule has 0 amide bonds. The Bertz CT molecular complexity index is 213. The van der Waals surface area contributed by atoms with Gasteiger partial charge in [-0.15, -0.1) is 0 Å². The molecule has 0 aliphatic rings. The third kappa shape index (κ3) is 2.83. The number of nitrogens with two attached hydrogens (primary N) is 1. The topological polar surface area (TPSA) is 38.9 Å². The summed E-state index contributed by atoms with van der Waals surface area (Å²) in [6.07, 6.45) is 4.87. The van der Waals surface area contributed by atoms with Crippen molar-refractivity contribution < 1.29 is 0 Å². The number of hydrogen-bond acceptors (Lipinski definition) is 3. The first-order chi connectivity index (χ1) is 5.84. The molecule has 1 atom stereocenters. The van der Waals surface area contributed by atoms with Crippen LogP contribution in [-0.2, 0) is 0 Å². The summed E-state index contributed by atoms with van der Waals surface area (Å²) in [5.74, 6) is 1.09. The zero-order chi connectivity index (χ0) is 8.81. The van der Waals surface area contributed by atoms with Gasteiger partial charge in [0.05, 0.1) is 5.69 Å². The van der Waals surface area contributed by atoms with E-state index in [9.17, 15) is 0 Å². The Morgan fingerprint density at radius 2 is 2.42 bits per heavy atom. The molecule has 0 aliphatic carbocycles. The third-order valence-electron chi connectivity index (χ3n) is 1.70. The molecule has 0 saturated heterocycles. The third-order valence-corrected chi connectivity index (χ3v) is 2.34. The van der Waals surface area contributed by atoms with Crippen LogP contribution in [0.15, 0.2) is 24.4 Å². The standard InChI is InChI=1S/C9H14N2S/c1-12-7-5-8(10)9-4-2-3-6-11-9/h2-4,6,8H,5,7,10H2,1H3. The van der Waals surface area contributed by atoms with Crippen LogP contribution in [0.1, 0.15) is 18.2 Å². The molecule has 1 aromatic rings. The molecule has 0 saturated carbocycles. The quantitative estimate of drug-likeness (QED) is 0.772. The van der Waals surface area contributed by atoms with E-state index in [1.165, 1.54) is 0 Å². The van der Waals surface area contributed by atoms with E-state index in [0.717, 1.165) is 17.9 Å². The van der Waals surface area contributed by atoms with Gasteiger partial charge in [0.2, 0.25) is 0 Å². The van der Waals surface area contributed by atoms with E-state index in [4.69, 9.17) is 5.73 Å². The van der Waals surface area contributed by atoms with Crippen molar-refractivity contribution in [3.63, 3.8) is 0 Å². The van der Waals surface area contributed by atoms with Gasteiger partial charge in [0, 0.05) is 12.2 Å². The van der Waals surface area contributed by atoms with Gasteiger partial charge in [-0.1, -0.05) is 6.07 Å². The SMILES string of the molecule is CSCCC(N)c1ccccn1. The van der Waals surface area contributed by atoms with Gasteiger partial charge >= 0.3 is 0 Å². The molecular formula is C9H14N2S.